The molecule has 0 atom stereocenters. The molecular formula is C24H28N4O3S2. The highest BCUT2D eigenvalue weighted by molar-refractivity contribution is 7.98. The molecule has 2 heterocycles. The Morgan fingerprint density at radius 3 is 2.39 bits per heavy atom. The number of primary sulfonamides is 1. The van der Waals surface area contributed by atoms with E-state index in [4.69, 9.17) is 9.88 Å². The second-order valence-corrected chi connectivity index (χ2v) is 10.4. The highest BCUT2D eigenvalue weighted by Gasteiger charge is 2.20. The number of nitrogens with two attached hydrogens (primary N) is 1. The minimum Gasteiger partial charge on any atom is -0.457 e. The van der Waals surface area contributed by atoms with Crippen LogP contribution in [-0.4, -0.2) is 50.7 Å². The van der Waals surface area contributed by atoms with E-state index in [0.29, 0.717) is 12.3 Å². The van der Waals surface area contributed by atoms with Crippen LogP contribution in [0.15, 0.2) is 70.7 Å². The Morgan fingerprint density at radius 2 is 1.76 bits per heavy atom. The zero-order valence-corrected chi connectivity index (χ0v) is 20.4. The molecule has 1 saturated heterocycles. The third kappa shape index (κ3) is 5.86. The van der Waals surface area contributed by atoms with E-state index >= 15 is 0 Å². The van der Waals surface area contributed by atoms with Gasteiger partial charge in [0.05, 0.1) is 4.90 Å². The first kappa shape index (κ1) is 23.6. The fourth-order valence-electron chi connectivity index (χ4n) is 3.96. The molecule has 0 bridgehead atoms. The van der Waals surface area contributed by atoms with Crippen LogP contribution >= 0.6 is 11.8 Å². The molecule has 9 heteroatoms. The summed E-state index contributed by atoms with van der Waals surface area (Å²) in [6, 6.07) is 14.8. The minimum absolute atomic E-state index is 0.0918. The second kappa shape index (κ2) is 10.1. The van der Waals surface area contributed by atoms with Crippen molar-refractivity contribution in [1.29, 1.82) is 0 Å². The summed E-state index contributed by atoms with van der Waals surface area (Å²) in [5.74, 6) is 1.35. The number of nitrogens with zero attached hydrogens (tertiary/aromatic N) is 3. The molecule has 0 amide bonds. The van der Waals surface area contributed by atoms with E-state index in [1.54, 1.807) is 36.3 Å². The molecule has 2 aromatic carbocycles. The van der Waals surface area contributed by atoms with Crippen LogP contribution in [-0.2, 0) is 16.6 Å². The summed E-state index contributed by atoms with van der Waals surface area (Å²) in [4.78, 5) is 10.00. The van der Waals surface area contributed by atoms with Crippen LogP contribution in [0, 0.1) is 6.92 Å². The topological polar surface area (TPSA) is 88.8 Å². The first-order valence-corrected chi connectivity index (χ1v) is 13.5. The van der Waals surface area contributed by atoms with Gasteiger partial charge in [0.2, 0.25) is 10.0 Å². The van der Waals surface area contributed by atoms with Gasteiger partial charge in [0.25, 0.3) is 0 Å². The van der Waals surface area contributed by atoms with E-state index in [1.807, 2.05) is 43.5 Å². The smallest absolute Gasteiger partial charge is 0.238 e. The number of aromatic nitrogens is 1. The van der Waals surface area contributed by atoms with Gasteiger partial charge in [0.15, 0.2) is 0 Å². The maximum atomic E-state index is 12.0. The number of pyridine rings is 1. The third-order valence-electron chi connectivity index (χ3n) is 5.75. The van der Waals surface area contributed by atoms with Crippen molar-refractivity contribution >= 4 is 27.5 Å². The van der Waals surface area contributed by atoms with Crippen LogP contribution in [0.5, 0.6) is 11.5 Å². The second-order valence-electron chi connectivity index (χ2n) is 8.02. The molecule has 0 saturated carbocycles. The molecular weight excluding hydrogens is 456 g/mol. The van der Waals surface area contributed by atoms with Gasteiger partial charge in [0.1, 0.15) is 11.5 Å². The maximum absolute atomic E-state index is 12.0. The van der Waals surface area contributed by atoms with Gasteiger partial charge in [-0.15, -0.1) is 11.8 Å². The number of aryl methyl sites for hydroxylation is 1. The summed E-state index contributed by atoms with van der Waals surface area (Å²) in [5.41, 5.74) is 3.09. The lowest BCUT2D eigenvalue weighted by atomic mass is 10.1. The normalized spacial score (nSPS) is 14.9. The third-order valence-corrected chi connectivity index (χ3v) is 7.56. The zero-order chi connectivity index (χ0) is 23.4. The standard InChI is InChI=1S/C24H28N4O3S2/c1-18-15-21(3-6-24(18)32-2)31-23-5-4-22(33(25,29)30)16-19(23)17-27-11-13-28(14-12-27)20-7-9-26-10-8-20/h3-10,15-16H,11-14,17H2,1-2H3,(H2,25,29,30). The summed E-state index contributed by atoms with van der Waals surface area (Å²) in [6.45, 7) is 6.08. The predicted molar refractivity (Wildman–Crippen MR) is 133 cm³/mol. The molecule has 0 unspecified atom stereocenters. The monoisotopic (exact) mass is 484 g/mol. The number of sulfonamides is 1. The van der Waals surface area contributed by atoms with Gasteiger partial charge in [0, 0.05) is 61.3 Å². The van der Waals surface area contributed by atoms with Gasteiger partial charge < -0.3 is 9.64 Å². The molecule has 0 radical (unpaired) electrons. The van der Waals surface area contributed by atoms with Crippen LogP contribution in [0.3, 0.4) is 0 Å². The number of piperazine rings is 1. The van der Waals surface area contributed by atoms with E-state index in [9.17, 15) is 8.42 Å². The van der Waals surface area contributed by atoms with Crippen molar-refractivity contribution in [2.45, 2.75) is 23.3 Å². The SMILES string of the molecule is CSc1ccc(Oc2ccc(S(N)(=O)=O)cc2CN2CCN(c3ccncc3)CC2)cc1C. The van der Waals surface area contributed by atoms with Crippen LogP contribution in [0.4, 0.5) is 5.69 Å². The molecule has 2 N–H and O–H groups in total. The molecule has 33 heavy (non-hydrogen) atoms. The first-order valence-electron chi connectivity index (χ1n) is 10.7. The number of hydrogen-bond acceptors (Lipinski definition) is 7. The molecule has 0 spiro atoms. The van der Waals surface area contributed by atoms with Crippen molar-refractivity contribution in [1.82, 2.24) is 9.88 Å². The van der Waals surface area contributed by atoms with Crippen molar-refractivity contribution in [3.63, 3.8) is 0 Å². The van der Waals surface area contributed by atoms with E-state index in [0.717, 1.165) is 48.7 Å². The first-order chi connectivity index (χ1) is 15.8. The van der Waals surface area contributed by atoms with E-state index < -0.39 is 10.0 Å². The van der Waals surface area contributed by atoms with Gasteiger partial charge >= 0.3 is 0 Å². The minimum atomic E-state index is -3.81. The predicted octanol–water partition coefficient (Wildman–Crippen LogP) is 3.87. The quantitative estimate of drug-likeness (QED) is 0.509. The number of ether oxygens (including phenoxy) is 1. The van der Waals surface area contributed by atoms with Crippen LogP contribution < -0.4 is 14.8 Å². The molecule has 7 nitrogen and oxygen atoms in total. The Balaban J connectivity index is 1.53. The van der Waals surface area contributed by atoms with Crippen LogP contribution in [0.25, 0.3) is 0 Å². The van der Waals surface area contributed by atoms with Crippen LogP contribution in [0.2, 0.25) is 0 Å². The van der Waals surface area contributed by atoms with Crippen molar-refractivity contribution < 1.29 is 13.2 Å². The average Bonchev–Trinajstić information content (AvgIpc) is 2.81. The van der Waals surface area contributed by atoms with E-state index in [-0.39, 0.29) is 4.90 Å². The summed E-state index contributed by atoms with van der Waals surface area (Å²) in [6.07, 6.45) is 5.65. The maximum Gasteiger partial charge on any atom is 0.238 e. The Bertz CT molecular complexity index is 1210. The van der Waals surface area contributed by atoms with Crippen LogP contribution in [0.1, 0.15) is 11.1 Å². The molecule has 3 aromatic rings. The largest absolute Gasteiger partial charge is 0.457 e. The van der Waals surface area contributed by atoms with E-state index in [2.05, 4.69) is 14.8 Å². The molecule has 1 aliphatic heterocycles. The Kier molecular flexibility index (Phi) is 7.23. The Hall–Kier alpha value is -2.59. The fraction of sp³-hybridized carbons (Fsp3) is 0.292. The molecule has 1 aromatic heterocycles. The van der Waals surface area contributed by atoms with E-state index in [1.165, 1.54) is 11.0 Å². The number of anilines is 1. The lowest BCUT2D eigenvalue weighted by Crippen LogP contribution is -2.46. The van der Waals surface area contributed by atoms with Crippen molar-refractivity contribution in [3.05, 3.63) is 72.1 Å². The summed E-state index contributed by atoms with van der Waals surface area (Å²) in [7, 11) is -3.81. The van der Waals surface area contributed by atoms with Crippen molar-refractivity contribution in [2.24, 2.45) is 5.14 Å². The molecule has 4 rings (SSSR count). The fourth-order valence-corrected chi connectivity index (χ4v) is 5.11. The zero-order valence-electron chi connectivity index (χ0n) is 18.8. The van der Waals surface area contributed by atoms with Crippen molar-refractivity contribution in [3.8, 4) is 11.5 Å². The Morgan fingerprint density at radius 1 is 1.03 bits per heavy atom. The van der Waals surface area contributed by atoms with Gasteiger partial charge in [-0.2, -0.15) is 0 Å². The highest BCUT2D eigenvalue weighted by atomic mass is 32.2. The highest BCUT2D eigenvalue weighted by Crippen LogP contribution is 2.31. The number of rotatable bonds is 7. The molecule has 174 valence electrons. The average molecular weight is 485 g/mol. The van der Waals surface area contributed by atoms with Gasteiger partial charge in [-0.25, -0.2) is 13.6 Å². The van der Waals surface area contributed by atoms with Gasteiger partial charge in [-0.3, -0.25) is 9.88 Å². The molecule has 1 fully saturated rings. The summed E-state index contributed by atoms with van der Waals surface area (Å²) < 4.78 is 30.1. The number of thioether (sulfide) groups is 1. The van der Waals surface area contributed by atoms with Gasteiger partial charge in [-0.05, 0) is 67.3 Å². The van der Waals surface area contributed by atoms with Gasteiger partial charge in [-0.1, -0.05) is 0 Å². The Labute approximate surface area is 199 Å². The van der Waals surface area contributed by atoms with Crippen molar-refractivity contribution in [2.75, 3.05) is 37.3 Å². The number of hydrogen-bond donors (Lipinski definition) is 1. The lowest BCUT2D eigenvalue weighted by molar-refractivity contribution is 0.247. The molecule has 0 aliphatic carbocycles. The summed E-state index contributed by atoms with van der Waals surface area (Å²) in [5, 5.41) is 5.40. The summed E-state index contributed by atoms with van der Waals surface area (Å²) >= 11 is 1.69. The molecule has 1 aliphatic rings. The lowest BCUT2D eigenvalue weighted by Gasteiger charge is -2.36. The number of benzene rings is 2.